The molecule has 0 amide bonds. The topological polar surface area (TPSA) is 83.5 Å². The molecule has 1 heterocycles. The van der Waals surface area contributed by atoms with E-state index in [1.54, 1.807) is 7.11 Å². The summed E-state index contributed by atoms with van der Waals surface area (Å²) < 4.78 is 54.7. The Bertz CT molecular complexity index is 1370. The smallest absolute Gasteiger partial charge is 0.335 e. The molecule has 8 nitrogen and oxygen atoms in total. The Morgan fingerprint density at radius 1 is 0.643 bits per heavy atom. The van der Waals surface area contributed by atoms with Gasteiger partial charge in [0.15, 0.2) is 0 Å². The van der Waals surface area contributed by atoms with Crippen LogP contribution in [0.25, 0.3) is 0 Å². The number of ether oxygens (including phenoxy) is 1. The van der Waals surface area contributed by atoms with E-state index in [0.29, 0.717) is 26.4 Å². The molecule has 0 atom stereocenters. The average molecular weight is 616 g/mol. The largest absolute Gasteiger partial charge is 0.497 e. The van der Waals surface area contributed by atoms with Crippen LogP contribution in [-0.2, 0) is 45.0 Å². The van der Waals surface area contributed by atoms with Crippen molar-refractivity contribution in [3.63, 3.8) is 0 Å². The van der Waals surface area contributed by atoms with Crippen LogP contribution in [0, 0.1) is 0 Å². The van der Waals surface area contributed by atoms with Gasteiger partial charge in [0.25, 0.3) is 0 Å². The Kier molecular flexibility index (Phi) is 10.4. The average Bonchev–Trinajstić information content (AvgIpc) is 2.94. The van der Waals surface area contributed by atoms with Gasteiger partial charge in [0, 0.05) is 11.1 Å². The molecule has 10 heteroatoms. The van der Waals surface area contributed by atoms with Crippen molar-refractivity contribution in [2.45, 2.75) is 59.3 Å². The minimum atomic E-state index is -3.30. The Balaban J connectivity index is 1.86. The standard InChI is InChI=1S/C32H43NO7P2/c1-8-37-41(34,38-9-2)22-24-12-18-30-28(20-24)32(5,6)29-21-25(23-42(35,39-10-3)40-11-4)13-19-31(29)33(30)26-14-16-27(36-7)17-15-26/h12-21H,8-11,22-23H2,1-7H3. The molecule has 0 aliphatic carbocycles. The molecule has 3 aromatic rings. The van der Waals surface area contributed by atoms with E-state index in [0.717, 1.165) is 45.1 Å². The monoisotopic (exact) mass is 615 g/mol. The van der Waals surface area contributed by atoms with Gasteiger partial charge in [-0.05, 0) is 86.3 Å². The van der Waals surface area contributed by atoms with Crippen molar-refractivity contribution < 1.29 is 32.0 Å². The molecule has 0 saturated carbocycles. The van der Waals surface area contributed by atoms with Crippen LogP contribution in [-0.4, -0.2) is 33.5 Å². The van der Waals surface area contributed by atoms with Gasteiger partial charge in [-0.25, -0.2) is 0 Å². The van der Waals surface area contributed by atoms with E-state index in [2.05, 4.69) is 43.0 Å². The first kappa shape index (κ1) is 32.5. The van der Waals surface area contributed by atoms with Gasteiger partial charge in [0.2, 0.25) is 0 Å². The van der Waals surface area contributed by atoms with Crippen molar-refractivity contribution in [1.29, 1.82) is 0 Å². The molecule has 0 spiro atoms. The van der Waals surface area contributed by atoms with Crippen molar-refractivity contribution >= 4 is 32.3 Å². The van der Waals surface area contributed by atoms with Gasteiger partial charge in [0.05, 0.1) is 57.2 Å². The summed E-state index contributed by atoms with van der Waals surface area (Å²) in [5.41, 5.74) is 6.45. The molecular formula is C32H43NO7P2. The zero-order valence-electron chi connectivity index (χ0n) is 25.7. The number of methoxy groups -OCH3 is 1. The molecule has 0 unspecified atom stereocenters. The Morgan fingerprint density at radius 3 is 1.40 bits per heavy atom. The summed E-state index contributed by atoms with van der Waals surface area (Å²) in [6, 6.07) is 20.3. The summed E-state index contributed by atoms with van der Waals surface area (Å²) in [5, 5.41) is 0. The molecule has 4 rings (SSSR count). The van der Waals surface area contributed by atoms with E-state index < -0.39 is 20.6 Å². The second kappa shape index (κ2) is 13.5. The number of anilines is 3. The third kappa shape index (κ3) is 6.86. The highest BCUT2D eigenvalue weighted by Gasteiger charge is 2.38. The van der Waals surface area contributed by atoms with Crippen LogP contribution in [0.2, 0.25) is 0 Å². The van der Waals surface area contributed by atoms with Gasteiger partial charge in [0.1, 0.15) is 5.75 Å². The fourth-order valence-electron chi connectivity index (χ4n) is 5.53. The predicted molar refractivity (Wildman–Crippen MR) is 169 cm³/mol. The molecule has 3 aromatic carbocycles. The van der Waals surface area contributed by atoms with Crippen molar-refractivity contribution in [3.8, 4) is 5.75 Å². The zero-order valence-corrected chi connectivity index (χ0v) is 27.5. The molecule has 0 saturated heterocycles. The van der Waals surface area contributed by atoms with Gasteiger partial charge in [-0.2, -0.15) is 0 Å². The molecule has 0 radical (unpaired) electrons. The number of nitrogens with zero attached hydrogens (tertiary/aromatic N) is 1. The van der Waals surface area contributed by atoms with Crippen molar-refractivity contribution in [2.75, 3.05) is 38.4 Å². The molecule has 1 aliphatic rings. The highest BCUT2D eigenvalue weighted by Crippen LogP contribution is 2.56. The maximum Gasteiger partial charge on any atom is 0.335 e. The fourth-order valence-corrected chi connectivity index (χ4v) is 8.91. The molecule has 0 fully saturated rings. The van der Waals surface area contributed by atoms with Gasteiger partial charge < -0.3 is 27.7 Å². The van der Waals surface area contributed by atoms with Crippen LogP contribution in [0.5, 0.6) is 5.75 Å². The van der Waals surface area contributed by atoms with Crippen LogP contribution in [0.15, 0.2) is 60.7 Å². The number of benzene rings is 3. The summed E-state index contributed by atoms with van der Waals surface area (Å²) in [6.07, 6.45) is 0.360. The van der Waals surface area contributed by atoms with Crippen molar-refractivity contribution in [2.24, 2.45) is 0 Å². The normalized spacial score (nSPS) is 14.4. The van der Waals surface area contributed by atoms with Crippen LogP contribution >= 0.6 is 15.2 Å². The van der Waals surface area contributed by atoms with E-state index in [9.17, 15) is 9.13 Å². The van der Waals surface area contributed by atoms with Gasteiger partial charge in [-0.15, -0.1) is 0 Å². The Labute approximate surface area is 250 Å². The second-order valence-corrected chi connectivity index (χ2v) is 14.7. The first-order chi connectivity index (χ1) is 20.0. The van der Waals surface area contributed by atoms with Crippen molar-refractivity contribution in [1.82, 2.24) is 0 Å². The summed E-state index contributed by atoms with van der Waals surface area (Å²) in [4.78, 5) is 2.22. The number of hydrogen-bond donors (Lipinski definition) is 0. The molecule has 42 heavy (non-hydrogen) atoms. The van der Waals surface area contributed by atoms with E-state index in [-0.39, 0.29) is 12.3 Å². The van der Waals surface area contributed by atoms with Crippen LogP contribution in [0.3, 0.4) is 0 Å². The fraction of sp³-hybridized carbons (Fsp3) is 0.438. The molecule has 0 aromatic heterocycles. The summed E-state index contributed by atoms with van der Waals surface area (Å²) in [6.45, 7) is 12.9. The summed E-state index contributed by atoms with van der Waals surface area (Å²) >= 11 is 0. The number of fused-ring (bicyclic) bond motifs is 2. The Hall–Kier alpha value is -2.44. The lowest BCUT2D eigenvalue weighted by atomic mass is 9.72. The zero-order chi connectivity index (χ0) is 30.5. The molecule has 1 aliphatic heterocycles. The predicted octanol–water partition coefficient (Wildman–Crippen LogP) is 9.34. The summed E-state index contributed by atoms with van der Waals surface area (Å²) in [5.74, 6) is 0.771. The van der Waals surface area contributed by atoms with Crippen LogP contribution < -0.4 is 9.64 Å². The maximum atomic E-state index is 13.4. The summed E-state index contributed by atoms with van der Waals surface area (Å²) in [7, 11) is -4.95. The highest BCUT2D eigenvalue weighted by atomic mass is 31.2. The van der Waals surface area contributed by atoms with Crippen LogP contribution in [0.4, 0.5) is 17.1 Å². The maximum absolute atomic E-state index is 13.4. The lowest BCUT2D eigenvalue weighted by molar-refractivity contribution is 0.218. The van der Waals surface area contributed by atoms with Gasteiger partial charge in [-0.1, -0.05) is 38.1 Å². The molecular weight excluding hydrogens is 572 g/mol. The Morgan fingerprint density at radius 2 is 1.05 bits per heavy atom. The third-order valence-electron chi connectivity index (χ3n) is 7.34. The number of hydrogen-bond acceptors (Lipinski definition) is 8. The minimum Gasteiger partial charge on any atom is -0.497 e. The number of rotatable bonds is 14. The van der Waals surface area contributed by atoms with E-state index in [1.165, 1.54) is 0 Å². The minimum absolute atomic E-state index is 0.180. The van der Waals surface area contributed by atoms with Gasteiger partial charge >= 0.3 is 15.2 Å². The van der Waals surface area contributed by atoms with E-state index in [4.69, 9.17) is 22.8 Å². The molecule has 0 bridgehead atoms. The van der Waals surface area contributed by atoms with E-state index >= 15 is 0 Å². The first-order valence-corrected chi connectivity index (χ1v) is 18.0. The van der Waals surface area contributed by atoms with Crippen LogP contribution in [0.1, 0.15) is 63.8 Å². The first-order valence-electron chi connectivity index (χ1n) is 14.5. The van der Waals surface area contributed by atoms with Gasteiger partial charge in [-0.3, -0.25) is 9.13 Å². The van der Waals surface area contributed by atoms with E-state index in [1.807, 2.05) is 64.1 Å². The molecule has 0 N–H and O–H groups in total. The SMILES string of the molecule is CCOP(=O)(Cc1ccc2c(c1)C(C)(C)c1cc(CP(=O)(OCC)OCC)ccc1N2c1ccc(OC)cc1)OCC. The highest BCUT2D eigenvalue weighted by molar-refractivity contribution is 7.53. The third-order valence-corrected chi connectivity index (χ3v) is 11.4. The second-order valence-electron chi connectivity index (χ2n) is 10.6. The lowest BCUT2D eigenvalue weighted by Crippen LogP contribution is -2.31. The lowest BCUT2D eigenvalue weighted by Gasteiger charge is -2.42. The molecule has 228 valence electrons. The quantitative estimate of drug-likeness (QED) is 0.166. The van der Waals surface area contributed by atoms with Crippen molar-refractivity contribution in [3.05, 3.63) is 82.9 Å².